The highest BCUT2D eigenvalue weighted by atomic mass is 15.1. The van der Waals surface area contributed by atoms with E-state index in [1.165, 1.54) is 0 Å². The fourth-order valence-electron chi connectivity index (χ4n) is 1.78. The zero-order valence-electron chi connectivity index (χ0n) is 10.6. The first-order chi connectivity index (χ1) is 8.58. The summed E-state index contributed by atoms with van der Waals surface area (Å²) >= 11 is 0. The fourth-order valence-corrected chi connectivity index (χ4v) is 1.78. The number of benzene rings is 2. The van der Waals surface area contributed by atoms with Crippen molar-refractivity contribution >= 4 is 28.4 Å². The Morgan fingerprint density at radius 2 is 1.67 bits per heavy atom. The second-order valence-electron chi connectivity index (χ2n) is 4.38. The Morgan fingerprint density at radius 3 is 2.33 bits per heavy atom. The molecule has 0 heterocycles. The van der Waals surface area contributed by atoms with Crippen molar-refractivity contribution in [3.05, 3.63) is 42.5 Å². The number of nitrogens with two attached hydrogens (primary N) is 2. The smallest absolute Gasteiger partial charge is 0.0621 e. The van der Waals surface area contributed by atoms with Crippen LogP contribution in [0.1, 0.15) is 0 Å². The summed E-state index contributed by atoms with van der Waals surface area (Å²) in [6, 6.07) is 13.6. The normalized spacial score (nSPS) is 10.1. The van der Waals surface area contributed by atoms with E-state index < -0.39 is 0 Å². The summed E-state index contributed by atoms with van der Waals surface area (Å²) in [5, 5.41) is 3.34. The van der Waals surface area contributed by atoms with Crippen molar-refractivity contribution in [2.45, 2.75) is 0 Å². The van der Waals surface area contributed by atoms with E-state index in [2.05, 4.69) is 16.3 Å². The molecule has 0 saturated carbocycles. The van der Waals surface area contributed by atoms with Crippen molar-refractivity contribution in [2.75, 3.05) is 35.8 Å². The molecule has 0 atom stereocenters. The molecule has 0 saturated heterocycles. The molecule has 0 amide bonds. The van der Waals surface area contributed by atoms with E-state index in [0.29, 0.717) is 11.4 Å². The molecule has 0 unspecified atom stereocenters. The van der Waals surface area contributed by atoms with Gasteiger partial charge in [-0.25, -0.2) is 0 Å². The third kappa shape index (κ3) is 2.48. The van der Waals surface area contributed by atoms with Crippen LogP contribution in [-0.4, -0.2) is 14.1 Å². The van der Waals surface area contributed by atoms with Crippen molar-refractivity contribution in [2.24, 2.45) is 0 Å². The molecule has 0 radical (unpaired) electrons. The Morgan fingerprint density at radius 1 is 0.944 bits per heavy atom. The molecule has 0 aliphatic carbocycles. The van der Waals surface area contributed by atoms with Gasteiger partial charge in [0.05, 0.1) is 22.7 Å². The van der Waals surface area contributed by atoms with Crippen LogP contribution in [0.4, 0.5) is 28.4 Å². The molecule has 0 aromatic heterocycles. The number of nitrogens with zero attached hydrogens (tertiary/aromatic N) is 1. The molecule has 18 heavy (non-hydrogen) atoms. The summed E-state index contributed by atoms with van der Waals surface area (Å²) in [7, 11) is 4.02. The third-order valence-corrected chi connectivity index (χ3v) is 2.75. The van der Waals surface area contributed by atoms with Crippen LogP contribution in [0.25, 0.3) is 0 Å². The van der Waals surface area contributed by atoms with Crippen LogP contribution in [0.3, 0.4) is 0 Å². The molecule has 0 spiro atoms. The molecular weight excluding hydrogens is 224 g/mol. The Kier molecular flexibility index (Phi) is 3.28. The van der Waals surface area contributed by atoms with Crippen molar-refractivity contribution in [1.82, 2.24) is 0 Å². The van der Waals surface area contributed by atoms with E-state index in [1.54, 1.807) is 6.07 Å². The minimum absolute atomic E-state index is 0.585. The lowest BCUT2D eigenvalue weighted by Crippen LogP contribution is -2.10. The average molecular weight is 242 g/mol. The van der Waals surface area contributed by atoms with Gasteiger partial charge in [-0.15, -0.1) is 0 Å². The maximum Gasteiger partial charge on any atom is 0.0621 e. The summed E-state index contributed by atoms with van der Waals surface area (Å²) in [6.45, 7) is 0. The summed E-state index contributed by atoms with van der Waals surface area (Å²) in [6.07, 6.45) is 0. The second-order valence-corrected chi connectivity index (χ2v) is 4.38. The Labute approximate surface area is 107 Å². The molecule has 0 fully saturated rings. The van der Waals surface area contributed by atoms with Crippen LogP contribution in [0.5, 0.6) is 0 Å². The summed E-state index contributed by atoms with van der Waals surface area (Å²) in [4.78, 5) is 2.06. The van der Waals surface area contributed by atoms with Gasteiger partial charge in [-0.3, -0.25) is 0 Å². The lowest BCUT2D eigenvalue weighted by atomic mass is 10.2. The zero-order chi connectivity index (χ0) is 13.1. The first kappa shape index (κ1) is 12.1. The number of hydrogen-bond donors (Lipinski definition) is 3. The SMILES string of the molecule is CN(C)c1ccccc1Nc1ccc(N)c(N)c1. The predicted molar refractivity (Wildman–Crippen MR) is 79.3 cm³/mol. The highest BCUT2D eigenvalue weighted by Gasteiger charge is 2.04. The minimum Gasteiger partial charge on any atom is -0.397 e. The molecule has 2 rings (SSSR count). The zero-order valence-corrected chi connectivity index (χ0v) is 10.6. The minimum atomic E-state index is 0.585. The summed E-state index contributed by atoms with van der Waals surface area (Å²) < 4.78 is 0. The number of para-hydroxylation sites is 2. The van der Waals surface area contributed by atoms with E-state index in [0.717, 1.165) is 17.1 Å². The predicted octanol–water partition coefficient (Wildman–Crippen LogP) is 2.66. The van der Waals surface area contributed by atoms with E-state index in [4.69, 9.17) is 11.5 Å². The molecule has 0 aliphatic heterocycles. The molecular formula is C14H18N4. The van der Waals surface area contributed by atoms with Crippen LogP contribution >= 0.6 is 0 Å². The highest BCUT2D eigenvalue weighted by molar-refractivity contribution is 5.78. The Bertz CT molecular complexity index is 549. The third-order valence-electron chi connectivity index (χ3n) is 2.75. The first-order valence-corrected chi connectivity index (χ1v) is 5.76. The number of rotatable bonds is 3. The molecule has 4 heteroatoms. The number of nitrogen functional groups attached to an aromatic ring is 2. The van der Waals surface area contributed by atoms with E-state index >= 15 is 0 Å². The van der Waals surface area contributed by atoms with Crippen molar-refractivity contribution in [3.63, 3.8) is 0 Å². The summed E-state index contributed by atoms with van der Waals surface area (Å²) in [5.41, 5.74) is 15.8. The van der Waals surface area contributed by atoms with Gasteiger partial charge < -0.3 is 21.7 Å². The van der Waals surface area contributed by atoms with Crippen molar-refractivity contribution in [1.29, 1.82) is 0 Å². The fraction of sp³-hybridized carbons (Fsp3) is 0.143. The largest absolute Gasteiger partial charge is 0.397 e. The Hall–Kier alpha value is -2.36. The molecule has 0 aliphatic rings. The standard InChI is InChI=1S/C14H18N4/c1-18(2)14-6-4-3-5-13(14)17-10-7-8-11(15)12(16)9-10/h3-9,17H,15-16H2,1-2H3. The van der Waals surface area contributed by atoms with Gasteiger partial charge in [0.25, 0.3) is 0 Å². The van der Waals surface area contributed by atoms with Gasteiger partial charge >= 0.3 is 0 Å². The van der Waals surface area contributed by atoms with Crippen LogP contribution in [0.2, 0.25) is 0 Å². The van der Waals surface area contributed by atoms with Gasteiger partial charge in [0.1, 0.15) is 0 Å². The second kappa shape index (κ2) is 4.87. The van der Waals surface area contributed by atoms with Crippen molar-refractivity contribution in [3.8, 4) is 0 Å². The van der Waals surface area contributed by atoms with Crippen LogP contribution in [0, 0.1) is 0 Å². The van der Waals surface area contributed by atoms with Crippen LogP contribution < -0.4 is 21.7 Å². The van der Waals surface area contributed by atoms with Gasteiger partial charge in [-0.2, -0.15) is 0 Å². The molecule has 4 nitrogen and oxygen atoms in total. The lowest BCUT2D eigenvalue weighted by Gasteiger charge is -2.18. The van der Waals surface area contributed by atoms with Crippen LogP contribution in [-0.2, 0) is 0 Å². The lowest BCUT2D eigenvalue weighted by molar-refractivity contribution is 1.13. The monoisotopic (exact) mass is 242 g/mol. The number of hydrogen-bond acceptors (Lipinski definition) is 4. The highest BCUT2D eigenvalue weighted by Crippen LogP contribution is 2.29. The van der Waals surface area contributed by atoms with Gasteiger partial charge in [0.2, 0.25) is 0 Å². The maximum absolute atomic E-state index is 5.80. The van der Waals surface area contributed by atoms with Gasteiger partial charge in [0.15, 0.2) is 0 Å². The van der Waals surface area contributed by atoms with E-state index in [1.807, 2.05) is 44.4 Å². The number of anilines is 5. The summed E-state index contributed by atoms with van der Waals surface area (Å²) in [5.74, 6) is 0. The average Bonchev–Trinajstić information content (AvgIpc) is 2.34. The van der Waals surface area contributed by atoms with Gasteiger partial charge in [-0.05, 0) is 30.3 Å². The van der Waals surface area contributed by atoms with E-state index in [9.17, 15) is 0 Å². The van der Waals surface area contributed by atoms with Crippen molar-refractivity contribution < 1.29 is 0 Å². The quantitative estimate of drug-likeness (QED) is 0.724. The molecule has 94 valence electrons. The maximum atomic E-state index is 5.80. The topological polar surface area (TPSA) is 67.3 Å². The number of nitrogens with one attached hydrogen (secondary N) is 1. The molecule has 2 aromatic carbocycles. The van der Waals surface area contributed by atoms with Crippen LogP contribution in [0.15, 0.2) is 42.5 Å². The molecule has 0 bridgehead atoms. The Balaban J connectivity index is 2.31. The van der Waals surface area contributed by atoms with Gasteiger partial charge in [0, 0.05) is 19.8 Å². The van der Waals surface area contributed by atoms with Gasteiger partial charge in [-0.1, -0.05) is 12.1 Å². The van der Waals surface area contributed by atoms with E-state index in [-0.39, 0.29) is 0 Å². The molecule has 5 N–H and O–H groups in total. The molecule has 2 aromatic rings. The first-order valence-electron chi connectivity index (χ1n) is 5.76.